The van der Waals surface area contributed by atoms with E-state index in [0.717, 1.165) is 29.3 Å². The molecule has 2 aliphatic rings. The second-order valence-electron chi connectivity index (χ2n) is 6.23. The van der Waals surface area contributed by atoms with Crippen LogP contribution in [0.1, 0.15) is 44.9 Å². The SMILES string of the molecule is CNc1cc(N2CC3CCCC3C2)nc(C(C)C)n1. The average Bonchev–Trinajstić information content (AvgIpc) is 2.98. The number of nitrogens with zero attached hydrogens (tertiary/aromatic N) is 3. The maximum absolute atomic E-state index is 4.76. The van der Waals surface area contributed by atoms with Crippen molar-refractivity contribution in [2.45, 2.75) is 39.0 Å². The van der Waals surface area contributed by atoms with Crippen LogP contribution in [0.3, 0.4) is 0 Å². The number of fused-ring (bicyclic) bond motifs is 1. The van der Waals surface area contributed by atoms with Crippen LogP contribution >= 0.6 is 0 Å². The lowest BCUT2D eigenvalue weighted by Gasteiger charge is -2.20. The van der Waals surface area contributed by atoms with E-state index in [2.05, 4.69) is 35.1 Å². The zero-order valence-electron chi connectivity index (χ0n) is 12.2. The van der Waals surface area contributed by atoms with Gasteiger partial charge in [0.2, 0.25) is 0 Å². The van der Waals surface area contributed by atoms with E-state index in [0.29, 0.717) is 5.92 Å². The predicted molar refractivity (Wildman–Crippen MR) is 78.7 cm³/mol. The summed E-state index contributed by atoms with van der Waals surface area (Å²) in [6, 6.07) is 2.09. The monoisotopic (exact) mass is 260 g/mol. The normalized spacial score (nSPS) is 26.0. The Bertz CT molecular complexity index is 445. The molecule has 104 valence electrons. The minimum Gasteiger partial charge on any atom is -0.373 e. The molecule has 19 heavy (non-hydrogen) atoms. The van der Waals surface area contributed by atoms with E-state index in [-0.39, 0.29) is 0 Å². The Kier molecular flexibility index (Phi) is 3.33. The summed E-state index contributed by atoms with van der Waals surface area (Å²) < 4.78 is 0. The summed E-state index contributed by atoms with van der Waals surface area (Å²) in [6.45, 7) is 6.67. The number of anilines is 2. The van der Waals surface area contributed by atoms with Gasteiger partial charge < -0.3 is 10.2 Å². The topological polar surface area (TPSA) is 41.0 Å². The number of hydrogen-bond acceptors (Lipinski definition) is 4. The summed E-state index contributed by atoms with van der Waals surface area (Å²) in [7, 11) is 1.93. The second-order valence-corrected chi connectivity index (χ2v) is 6.23. The fourth-order valence-corrected chi connectivity index (χ4v) is 3.42. The van der Waals surface area contributed by atoms with Gasteiger partial charge in [0.15, 0.2) is 0 Å². The smallest absolute Gasteiger partial charge is 0.135 e. The Morgan fingerprint density at radius 2 is 1.89 bits per heavy atom. The third-order valence-corrected chi connectivity index (χ3v) is 4.55. The molecule has 0 radical (unpaired) electrons. The van der Waals surface area contributed by atoms with E-state index in [1.54, 1.807) is 0 Å². The Labute approximate surface area is 115 Å². The fourth-order valence-electron chi connectivity index (χ4n) is 3.42. The van der Waals surface area contributed by atoms with Gasteiger partial charge in [0.25, 0.3) is 0 Å². The lowest BCUT2D eigenvalue weighted by Crippen LogP contribution is -2.23. The highest BCUT2D eigenvalue weighted by Crippen LogP contribution is 2.39. The van der Waals surface area contributed by atoms with Gasteiger partial charge >= 0.3 is 0 Å². The Balaban J connectivity index is 1.86. The number of aromatic nitrogens is 2. The van der Waals surface area contributed by atoms with E-state index < -0.39 is 0 Å². The molecule has 2 unspecified atom stereocenters. The van der Waals surface area contributed by atoms with Crippen molar-refractivity contribution in [1.82, 2.24) is 9.97 Å². The van der Waals surface area contributed by atoms with Crippen molar-refractivity contribution in [2.75, 3.05) is 30.4 Å². The van der Waals surface area contributed by atoms with Gasteiger partial charge in [0, 0.05) is 32.1 Å². The molecule has 1 aliphatic carbocycles. The quantitative estimate of drug-likeness (QED) is 0.907. The van der Waals surface area contributed by atoms with Crippen LogP contribution in [-0.2, 0) is 0 Å². The van der Waals surface area contributed by atoms with Gasteiger partial charge in [0.1, 0.15) is 17.5 Å². The van der Waals surface area contributed by atoms with Crippen molar-refractivity contribution in [2.24, 2.45) is 11.8 Å². The van der Waals surface area contributed by atoms with Crippen molar-refractivity contribution < 1.29 is 0 Å². The first-order valence-electron chi connectivity index (χ1n) is 7.49. The molecule has 4 heteroatoms. The molecule has 0 spiro atoms. The molecular formula is C15H24N4. The zero-order chi connectivity index (χ0) is 13.4. The lowest BCUT2D eigenvalue weighted by atomic mass is 10.0. The minimum absolute atomic E-state index is 0.370. The highest BCUT2D eigenvalue weighted by molar-refractivity contribution is 5.50. The van der Waals surface area contributed by atoms with Crippen molar-refractivity contribution in [3.05, 3.63) is 11.9 Å². The van der Waals surface area contributed by atoms with Crippen molar-refractivity contribution in [1.29, 1.82) is 0 Å². The number of hydrogen-bond donors (Lipinski definition) is 1. The van der Waals surface area contributed by atoms with Gasteiger partial charge in [-0.15, -0.1) is 0 Å². The largest absolute Gasteiger partial charge is 0.373 e. The summed E-state index contributed by atoms with van der Waals surface area (Å²) in [6.07, 6.45) is 4.23. The third kappa shape index (κ3) is 2.40. The molecule has 1 aromatic rings. The van der Waals surface area contributed by atoms with Crippen molar-refractivity contribution >= 4 is 11.6 Å². The lowest BCUT2D eigenvalue weighted by molar-refractivity contribution is 0.494. The second kappa shape index (κ2) is 4.99. The molecule has 1 aromatic heterocycles. The first-order valence-corrected chi connectivity index (χ1v) is 7.49. The van der Waals surface area contributed by atoms with Crippen LogP contribution in [0.25, 0.3) is 0 Å². The Hall–Kier alpha value is -1.32. The van der Waals surface area contributed by atoms with Crippen LogP contribution in [-0.4, -0.2) is 30.1 Å². The van der Waals surface area contributed by atoms with Gasteiger partial charge in [0.05, 0.1) is 0 Å². The van der Waals surface area contributed by atoms with E-state index in [1.807, 2.05) is 7.05 Å². The molecule has 0 amide bonds. The molecular weight excluding hydrogens is 236 g/mol. The van der Waals surface area contributed by atoms with E-state index in [1.165, 1.54) is 32.4 Å². The summed E-state index contributed by atoms with van der Waals surface area (Å²) >= 11 is 0. The predicted octanol–water partition coefficient (Wildman–Crippen LogP) is 2.88. The van der Waals surface area contributed by atoms with Gasteiger partial charge in [-0.25, -0.2) is 9.97 Å². The molecule has 1 saturated heterocycles. The fraction of sp³-hybridized carbons (Fsp3) is 0.733. The molecule has 1 N–H and O–H groups in total. The molecule has 0 bridgehead atoms. The van der Waals surface area contributed by atoms with Crippen LogP contribution in [0, 0.1) is 11.8 Å². The van der Waals surface area contributed by atoms with E-state index >= 15 is 0 Å². The van der Waals surface area contributed by atoms with Crippen LogP contribution in [0.4, 0.5) is 11.6 Å². The minimum atomic E-state index is 0.370. The van der Waals surface area contributed by atoms with Crippen LogP contribution in [0.5, 0.6) is 0 Å². The van der Waals surface area contributed by atoms with Crippen LogP contribution < -0.4 is 10.2 Å². The Morgan fingerprint density at radius 3 is 2.47 bits per heavy atom. The van der Waals surface area contributed by atoms with Gasteiger partial charge in [-0.3, -0.25) is 0 Å². The van der Waals surface area contributed by atoms with Crippen molar-refractivity contribution in [3.8, 4) is 0 Å². The van der Waals surface area contributed by atoms with Gasteiger partial charge in [-0.05, 0) is 24.7 Å². The first-order chi connectivity index (χ1) is 9.17. The first kappa shape index (κ1) is 12.7. The van der Waals surface area contributed by atoms with Crippen molar-refractivity contribution in [3.63, 3.8) is 0 Å². The van der Waals surface area contributed by atoms with E-state index in [4.69, 9.17) is 4.98 Å². The highest BCUT2D eigenvalue weighted by Gasteiger charge is 2.36. The summed E-state index contributed by atoms with van der Waals surface area (Å²) in [5.74, 6) is 5.15. The number of nitrogens with one attached hydrogen (secondary N) is 1. The maximum atomic E-state index is 4.76. The average molecular weight is 260 g/mol. The van der Waals surface area contributed by atoms with Crippen LogP contribution in [0.15, 0.2) is 6.07 Å². The summed E-state index contributed by atoms with van der Waals surface area (Å²) in [5.41, 5.74) is 0. The molecule has 2 heterocycles. The molecule has 4 nitrogen and oxygen atoms in total. The van der Waals surface area contributed by atoms with Crippen LogP contribution in [0.2, 0.25) is 0 Å². The third-order valence-electron chi connectivity index (χ3n) is 4.55. The highest BCUT2D eigenvalue weighted by atomic mass is 15.2. The molecule has 2 atom stereocenters. The zero-order valence-corrected chi connectivity index (χ0v) is 12.2. The molecule has 3 rings (SSSR count). The number of rotatable bonds is 3. The van der Waals surface area contributed by atoms with Gasteiger partial charge in [-0.2, -0.15) is 0 Å². The molecule has 0 aromatic carbocycles. The molecule has 2 fully saturated rings. The molecule has 1 aliphatic heterocycles. The molecule has 1 saturated carbocycles. The Morgan fingerprint density at radius 1 is 1.21 bits per heavy atom. The van der Waals surface area contributed by atoms with E-state index in [9.17, 15) is 0 Å². The summed E-state index contributed by atoms with van der Waals surface area (Å²) in [4.78, 5) is 11.8. The standard InChI is InChI=1S/C15H24N4/c1-10(2)15-17-13(16-3)7-14(18-15)19-8-11-5-4-6-12(11)9-19/h7,10-12H,4-6,8-9H2,1-3H3,(H,16,17,18). The maximum Gasteiger partial charge on any atom is 0.135 e. The van der Waals surface area contributed by atoms with Gasteiger partial charge in [-0.1, -0.05) is 20.3 Å². The summed E-state index contributed by atoms with van der Waals surface area (Å²) in [5, 5.41) is 3.16.